The number of nitrogens with one attached hydrogen (secondary N) is 1. The first-order valence-corrected chi connectivity index (χ1v) is 6.84. The molecule has 124 valence electrons. The Morgan fingerprint density at radius 3 is 2.86 bits per heavy atom. The average Bonchev–Trinajstić information content (AvgIpc) is 3.03. The highest BCUT2D eigenvalue weighted by Gasteiger charge is 2.41. The summed E-state index contributed by atoms with van der Waals surface area (Å²) in [6.45, 7) is -1.94. The highest BCUT2D eigenvalue weighted by atomic mass is 19.3. The monoisotopic (exact) mass is 323 g/mol. The van der Waals surface area contributed by atoms with Crippen LogP contribution in [-0.2, 0) is 28.9 Å². The van der Waals surface area contributed by atoms with Gasteiger partial charge in [0.1, 0.15) is 13.2 Å². The molecule has 1 amide bonds. The highest BCUT2D eigenvalue weighted by molar-refractivity contribution is 5.77. The van der Waals surface area contributed by atoms with Gasteiger partial charge in [0.25, 0.3) is 0 Å². The van der Waals surface area contributed by atoms with Crippen LogP contribution in [0.1, 0.15) is 23.4 Å². The maximum absolute atomic E-state index is 12.6. The summed E-state index contributed by atoms with van der Waals surface area (Å²) in [6, 6.07) is 0. The molecular formula is C13H17F4N3O2. The first-order chi connectivity index (χ1) is 10.3. The van der Waals surface area contributed by atoms with E-state index < -0.39 is 31.5 Å². The van der Waals surface area contributed by atoms with E-state index in [1.54, 1.807) is 0 Å². The number of carbonyl (C=O) groups is 1. The fourth-order valence-corrected chi connectivity index (χ4v) is 2.28. The molecule has 9 heteroatoms. The van der Waals surface area contributed by atoms with Crippen molar-refractivity contribution in [1.29, 1.82) is 0 Å². The second-order valence-corrected chi connectivity index (χ2v) is 5.29. The summed E-state index contributed by atoms with van der Waals surface area (Å²) >= 11 is 0. The molecule has 1 aromatic rings. The van der Waals surface area contributed by atoms with Crippen molar-refractivity contribution >= 4 is 5.91 Å². The predicted molar refractivity (Wildman–Crippen MR) is 68.9 cm³/mol. The fourth-order valence-electron chi connectivity index (χ4n) is 2.28. The van der Waals surface area contributed by atoms with Crippen LogP contribution in [0, 0.1) is 0 Å². The minimum Gasteiger partial charge on any atom is -0.365 e. The molecule has 5 nitrogen and oxygen atoms in total. The number of amides is 1. The molecule has 0 atom stereocenters. The second-order valence-electron chi connectivity index (χ2n) is 5.29. The molecule has 1 heterocycles. The van der Waals surface area contributed by atoms with Gasteiger partial charge in [-0.2, -0.15) is 13.9 Å². The summed E-state index contributed by atoms with van der Waals surface area (Å²) in [6.07, 6.45) is -0.973. The number of aryl methyl sites for hydroxylation is 1. The van der Waals surface area contributed by atoms with Crippen LogP contribution < -0.4 is 0 Å². The highest BCUT2D eigenvalue weighted by Crippen LogP contribution is 2.24. The van der Waals surface area contributed by atoms with Crippen molar-refractivity contribution in [1.82, 2.24) is 15.1 Å². The number of rotatable bonds is 7. The molecule has 0 aliphatic heterocycles. The molecule has 1 aliphatic rings. The lowest BCUT2D eigenvalue weighted by atomic mass is 10.2. The van der Waals surface area contributed by atoms with Gasteiger partial charge in [0.2, 0.25) is 5.91 Å². The minimum atomic E-state index is -4.25. The SMILES string of the molecule is CN(Cc1n[nH]c2c1CCC2)C(=O)COCC(F)(F)C(F)F. The van der Waals surface area contributed by atoms with Crippen molar-refractivity contribution in [3.8, 4) is 0 Å². The molecule has 0 saturated carbocycles. The van der Waals surface area contributed by atoms with Gasteiger partial charge in [-0.25, -0.2) is 8.78 Å². The van der Waals surface area contributed by atoms with E-state index in [9.17, 15) is 22.4 Å². The van der Waals surface area contributed by atoms with E-state index in [-0.39, 0.29) is 6.54 Å². The number of halogens is 4. The summed E-state index contributed by atoms with van der Waals surface area (Å²) in [7, 11) is 1.48. The van der Waals surface area contributed by atoms with Gasteiger partial charge in [-0.15, -0.1) is 0 Å². The molecule has 0 spiro atoms. The second kappa shape index (κ2) is 6.64. The van der Waals surface area contributed by atoms with Crippen LogP contribution in [0.4, 0.5) is 17.6 Å². The summed E-state index contributed by atoms with van der Waals surface area (Å²) in [4.78, 5) is 13.0. The summed E-state index contributed by atoms with van der Waals surface area (Å²) < 4.78 is 53.6. The van der Waals surface area contributed by atoms with Crippen molar-refractivity contribution in [2.24, 2.45) is 0 Å². The Labute approximate surface area is 124 Å². The molecule has 22 heavy (non-hydrogen) atoms. The Hall–Kier alpha value is -1.64. The number of hydrogen-bond donors (Lipinski definition) is 1. The lowest BCUT2D eigenvalue weighted by Gasteiger charge is -2.18. The minimum absolute atomic E-state index is 0.221. The lowest BCUT2D eigenvalue weighted by Crippen LogP contribution is -2.36. The molecule has 1 N–H and O–H groups in total. The Kier molecular flexibility index (Phi) is 5.05. The molecule has 0 unspecified atom stereocenters. The summed E-state index contributed by atoms with van der Waals surface area (Å²) in [5, 5.41) is 7.03. The number of ether oxygens (including phenoxy) is 1. The molecule has 2 rings (SSSR count). The van der Waals surface area contributed by atoms with Gasteiger partial charge in [-0.1, -0.05) is 0 Å². The van der Waals surface area contributed by atoms with Gasteiger partial charge < -0.3 is 9.64 Å². The van der Waals surface area contributed by atoms with Crippen molar-refractivity contribution in [3.63, 3.8) is 0 Å². The van der Waals surface area contributed by atoms with Gasteiger partial charge in [0.05, 0.1) is 12.2 Å². The number of hydrogen-bond acceptors (Lipinski definition) is 3. The Morgan fingerprint density at radius 2 is 2.18 bits per heavy atom. The standard InChI is InChI=1S/C13H17F4N3O2/c1-20(5-10-8-3-2-4-9(8)18-19-10)11(21)6-22-7-13(16,17)12(14)15/h12H,2-7H2,1H3,(H,18,19). The van der Waals surface area contributed by atoms with Crippen LogP contribution in [0.3, 0.4) is 0 Å². The number of aromatic nitrogens is 2. The molecule has 0 aromatic carbocycles. The lowest BCUT2D eigenvalue weighted by molar-refractivity contribution is -0.170. The number of H-pyrrole nitrogens is 1. The van der Waals surface area contributed by atoms with Crippen LogP contribution in [0.5, 0.6) is 0 Å². The maximum atomic E-state index is 12.6. The zero-order chi connectivity index (χ0) is 16.3. The largest absolute Gasteiger partial charge is 0.365 e. The van der Waals surface area contributed by atoms with E-state index in [1.165, 1.54) is 11.9 Å². The third kappa shape index (κ3) is 3.76. The normalized spacial score (nSPS) is 14.5. The number of fused-ring (bicyclic) bond motifs is 1. The third-order valence-corrected chi connectivity index (χ3v) is 3.54. The van der Waals surface area contributed by atoms with Crippen LogP contribution in [0.2, 0.25) is 0 Å². The zero-order valence-electron chi connectivity index (χ0n) is 12.0. The number of likely N-dealkylation sites (N-methyl/N-ethyl adjacent to an activating group) is 1. The fraction of sp³-hybridized carbons (Fsp3) is 0.692. The van der Waals surface area contributed by atoms with Crippen molar-refractivity contribution in [2.45, 2.75) is 38.2 Å². The first kappa shape index (κ1) is 16.7. The summed E-state index contributed by atoms with van der Waals surface area (Å²) in [5.41, 5.74) is 2.88. The molecule has 1 aliphatic carbocycles. The molecule has 1 aromatic heterocycles. The van der Waals surface area contributed by atoms with E-state index in [0.29, 0.717) is 0 Å². The third-order valence-electron chi connectivity index (χ3n) is 3.54. The Morgan fingerprint density at radius 1 is 1.45 bits per heavy atom. The molecular weight excluding hydrogens is 306 g/mol. The first-order valence-electron chi connectivity index (χ1n) is 6.84. The van der Waals surface area contributed by atoms with Crippen LogP contribution in [-0.4, -0.2) is 53.6 Å². The van der Waals surface area contributed by atoms with Crippen LogP contribution >= 0.6 is 0 Å². The number of aromatic amines is 1. The van der Waals surface area contributed by atoms with E-state index >= 15 is 0 Å². The number of carbonyl (C=O) groups excluding carboxylic acids is 1. The van der Waals surface area contributed by atoms with Gasteiger partial charge in [-0.05, 0) is 24.8 Å². The van der Waals surface area contributed by atoms with Gasteiger partial charge in [0.15, 0.2) is 0 Å². The number of alkyl halides is 4. The van der Waals surface area contributed by atoms with E-state index in [2.05, 4.69) is 14.9 Å². The van der Waals surface area contributed by atoms with Crippen molar-refractivity contribution in [3.05, 3.63) is 17.0 Å². The van der Waals surface area contributed by atoms with Gasteiger partial charge in [0, 0.05) is 12.7 Å². The summed E-state index contributed by atoms with van der Waals surface area (Å²) in [5.74, 6) is -4.82. The molecule has 0 fully saturated rings. The maximum Gasteiger partial charge on any atom is 0.330 e. The van der Waals surface area contributed by atoms with Crippen LogP contribution in [0.15, 0.2) is 0 Å². The topological polar surface area (TPSA) is 58.2 Å². The van der Waals surface area contributed by atoms with Crippen molar-refractivity contribution < 1.29 is 27.1 Å². The Balaban J connectivity index is 1.80. The van der Waals surface area contributed by atoms with E-state index in [4.69, 9.17) is 0 Å². The average molecular weight is 323 g/mol. The Bertz CT molecular complexity index is 533. The van der Waals surface area contributed by atoms with Gasteiger partial charge >= 0.3 is 12.3 Å². The van der Waals surface area contributed by atoms with E-state index in [1.807, 2.05) is 0 Å². The molecule has 0 bridgehead atoms. The quantitative estimate of drug-likeness (QED) is 0.778. The number of nitrogens with zero attached hydrogens (tertiary/aromatic N) is 2. The van der Waals surface area contributed by atoms with Gasteiger partial charge in [-0.3, -0.25) is 9.89 Å². The predicted octanol–water partition coefficient (Wildman–Crippen LogP) is 1.77. The van der Waals surface area contributed by atoms with Crippen molar-refractivity contribution in [2.75, 3.05) is 20.3 Å². The molecule has 0 radical (unpaired) electrons. The smallest absolute Gasteiger partial charge is 0.330 e. The molecule has 0 saturated heterocycles. The van der Waals surface area contributed by atoms with Crippen LogP contribution in [0.25, 0.3) is 0 Å². The zero-order valence-corrected chi connectivity index (χ0v) is 12.0. The van der Waals surface area contributed by atoms with E-state index in [0.717, 1.165) is 36.2 Å².